The van der Waals surface area contributed by atoms with E-state index in [-0.39, 0.29) is 5.75 Å². The maximum atomic E-state index is 11.8. The van der Waals surface area contributed by atoms with Gasteiger partial charge in [0.05, 0.1) is 0 Å². The molecule has 0 heterocycles. The van der Waals surface area contributed by atoms with Crippen molar-refractivity contribution in [3.63, 3.8) is 0 Å². The smallest absolute Gasteiger partial charge is 0.299 e. The molecule has 9 heteroatoms. The van der Waals surface area contributed by atoms with Crippen molar-refractivity contribution < 1.29 is 30.7 Å². The summed E-state index contributed by atoms with van der Waals surface area (Å²) in [5, 5.41) is 0. The SMILES string of the molecule is CCCCCCCCCCc1ccccc1Oc1cccc(S(=O)(=O)O)c1S(=O)(=O)O. The van der Waals surface area contributed by atoms with Crippen LogP contribution in [0.3, 0.4) is 0 Å². The highest BCUT2D eigenvalue weighted by atomic mass is 32.2. The van der Waals surface area contributed by atoms with E-state index in [1.54, 1.807) is 12.1 Å². The zero-order valence-corrected chi connectivity index (χ0v) is 19.3. The molecule has 0 aliphatic heterocycles. The second-order valence-corrected chi connectivity index (χ2v) is 10.2. The third kappa shape index (κ3) is 7.92. The summed E-state index contributed by atoms with van der Waals surface area (Å²) in [7, 11) is -9.87. The number of hydrogen-bond donors (Lipinski definition) is 2. The Morgan fingerprint density at radius 2 is 1.29 bits per heavy atom. The number of ether oxygens (including phenoxy) is 1. The van der Waals surface area contributed by atoms with E-state index in [0.717, 1.165) is 30.9 Å². The molecule has 172 valence electrons. The minimum Gasteiger partial charge on any atom is -0.456 e. The molecule has 0 spiro atoms. The summed E-state index contributed by atoms with van der Waals surface area (Å²) < 4.78 is 71.5. The van der Waals surface area contributed by atoms with Crippen LogP contribution in [0.25, 0.3) is 0 Å². The van der Waals surface area contributed by atoms with E-state index in [2.05, 4.69) is 6.92 Å². The van der Waals surface area contributed by atoms with Gasteiger partial charge in [0.1, 0.15) is 16.4 Å². The fourth-order valence-corrected chi connectivity index (χ4v) is 5.31. The first-order valence-electron chi connectivity index (χ1n) is 10.5. The average Bonchev–Trinajstić information content (AvgIpc) is 2.69. The zero-order chi connectivity index (χ0) is 22.9. The predicted octanol–water partition coefficient (Wildman–Crippen LogP) is 5.66. The first-order valence-corrected chi connectivity index (χ1v) is 13.4. The van der Waals surface area contributed by atoms with Crippen molar-refractivity contribution in [2.45, 2.75) is 74.5 Å². The highest BCUT2D eigenvalue weighted by molar-refractivity contribution is 7.89. The summed E-state index contributed by atoms with van der Waals surface area (Å²) in [6, 6.07) is 10.4. The van der Waals surface area contributed by atoms with E-state index >= 15 is 0 Å². The minimum atomic E-state index is -4.98. The van der Waals surface area contributed by atoms with Crippen LogP contribution in [0, 0.1) is 0 Å². The molecule has 31 heavy (non-hydrogen) atoms. The third-order valence-corrected chi connectivity index (χ3v) is 6.93. The van der Waals surface area contributed by atoms with Gasteiger partial charge >= 0.3 is 0 Å². The number of aryl methyl sites for hydroxylation is 1. The summed E-state index contributed by atoms with van der Waals surface area (Å²) in [5.74, 6) is -0.0103. The maximum absolute atomic E-state index is 11.8. The molecule has 0 atom stereocenters. The molecule has 2 aromatic carbocycles. The van der Waals surface area contributed by atoms with Crippen LogP contribution < -0.4 is 4.74 Å². The number of unbranched alkanes of at least 4 members (excludes halogenated alkanes) is 7. The van der Waals surface area contributed by atoms with Gasteiger partial charge in [-0.25, -0.2) is 0 Å². The molecule has 7 nitrogen and oxygen atoms in total. The van der Waals surface area contributed by atoms with Crippen LogP contribution in [0.15, 0.2) is 52.3 Å². The lowest BCUT2D eigenvalue weighted by Crippen LogP contribution is -2.10. The second-order valence-electron chi connectivity index (χ2n) is 7.47. The van der Waals surface area contributed by atoms with E-state index in [1.807, 2.05) is 12.1 Å². The molecule has 0 amide bonds. The van der Waals surface area contributed by atoms with E-state index in [0.29, 0.717) is 12.2 Å². The molecular formula is C22H30O7S2. The predicted molar refractivity (Wildman–Crippen MR) is 119 cm³/mol. The lowest BCUT2D eigenvalue weighted by molar-refractivity contribution is 0.433. The Morgan fingerprint density at radius 1 is 0.710 bits per heavy atom. The molecular weight excluding hydrogens is 440 g/mol. The molecule has 0 unspecified atom stereocenters. The van der Waals surface area contributed by atoms with Crippen molar-refractivity contribution in [3.05, 3.63) is 48.0 Å². The summed E-state index contributed by atoms with van der Waals surface area (Å²) in [5.41, 5.74) is 0.840. The van der Waals surface area contributed by atoms with Crippen molar-refractivity contribution in [1.82, 2.24) is 0 Å². The normalized spacial score (nSPS) is 12.1. The Labute approximate surface area is 185 Å². The van der Waals surface area contributed by atoms with E-state index in [1.165, 1.54) is 44.2 Å². The lowest BCUT2D eigenvalue weighted by atomic mass is 10.0. The summed E-state index contributed by atoms with van der Waals surface area (Å²) in [6.07, 6.45) is 10.1. The van der Waals surface area contributed by atoms with Gasteiger partial charge in [-0.05, 0) is 36.6 Å². The van der Waals surface area contributed by atoms with Crippen molar-refractivity contribution in [3.8, 4) is 11.5 Å². The fraction of sp³-hybridized carbons (Fsp3) is 0.455. The standard InChI is InChI=1S/C22H30O7S2/c1-2-3-4-5-6-7-8-9-13-18-14-10-11-15-19(18)29-20-16-12-17-21(30(23,24)25)22(20)31(26,27)28/h10-12,14-17H,2-9,13H2,1H3,(H,23,24,25)(H,26,27,28). The molecule has 2 N–H and O–H groups in total. The van der Waals surface area contributed by atoms with Crippen molar-refractivity contribution in [2.75, 3.05) is 0 Å². The first-order chi connectivity index (χ1) is 14.6. The number of benzene rings is 2. The van der Waals surface area contributed by atoms with E-state index in [9.17, 15) is 25.9 Å². The molecule has 0 saturated heterocycles. The van der Waals surface area contributed by atoms with Crippen LogP contribution in [0.5, 0.6) is 11.5 Å². The molecule has 0 aliphatic rings. The quantitative estimate of drug-likeness (QED) is 0.287. The summed E-state index contributed by atoms with van der Waals surface area (Å²) in [6.45, 7) is 2.19. The monoisotopic (exact) mass is 470 g/mol. The number of hydrogen-bond acceptors (Lipinski definition) is 5. The molecule has 0 radical (unpaired) electrons. The number of para-hydroxylation sites is 1. The molecule has 0 bridgehead atoms. The first kappa shape index (κ1) is 25.3. The van der Waals surface area contributed by atoms with Gasteiger partial charge in [-0.3, -0.25) is 9.11 Å². The Morgan fingerprint density at radius 3 is 1.90 bits per heavy atom. The van der Waals surface area contributed by atoms with Gasteiger partial charge < -0.3 is 4.74 Å². The van der Waals surface area contributed by atoms with E-state index in [4.69, 9.17) is 4.74 Å². The molecule has 0 aromatic heterocycles. The van der Waals surface area contributed by atoms with Crippen LogP contribution >= 0.6 is 0 Å². The lowest BCUT2D eigenvalue weighted by Gasteiger charge is -2.14. The largest absolute Gasteiger partial charge is 0.456 e. The topological polar surface area (TPSA) is 118 Å². The van der Waals surface area contributed by atoms with Crippen LogP contribution in [-0.2, 0) is 26.7 Å². The van der Waals surface area contributed by atoms with Crippen molar-refractivity contribution in [2.24, 2.45) is 0 Å². The molecule has 2 rings (SSSR count). The van der Waals surface area contributed by atoms with Gasteiger partial charge in [0.25, 0.3) is 20.2 Å². The van der Waals surface area contributed by atoms with Gasteiger partial charge in [-0.2, -0.15) is 16.8 Å². The van der Waals surface area contributed by atoms with Gasteiger partial charge in [-0.1, -0.05) is 76.1 Å². The Balaban J connectivity index is 2.15. The second kappa shape index (κ2) is 11.6. The zero-order valence-electron chi connectivity index (χ0n) is 17.7. The number of rotatable bonds is 13. The fourth-order valence-electron chi connectivity index (χ4n) is 3.41. The Hall–Kier alpha value is -1.94. The highest BCUT2D eigenvalue weighted by Gasteiger charge is 2.28. The van der Waals surface area contributed by atoms with Gasteiger partial charge in [0.15, 0.2) is 4.90 Å². The van der Waals surface area contributed by atoms with Crippen LogP contribution in [0.1, 0.15) is 63.9 Å². The third-order valence-electron chi connectivity index (χ3n) is 4.97. The minimum absolute atomic E-state index is 0.364. The molecule has 0 saturated carbocycles. The Bertz CT molecular complexity index is 1060. The van der Waals surface area contributed by atoms with Crippen molar-refractivity contribution >= 4 is 20.2 Å². The Kier molecular flexibility index (Phi) is 9.49. The van der Waals surface area contributed by atoms with Crippen LogP contribution in [-0.4, -0.2) is 25.9 Å². The van der Waals surface area contributed by atoms with E-state index < -0.39 is 30.0 Å². The van der Waals surface area contributed by atoms with Gasteiger partial charge in [0.2, 0.25) is 0 Å². The maximum Gasteiger partial charge on any atom is 0.299 e. The van der Waals surface area contributed by atoms with Gasteiger partial charge in [0, 0.05) is 0 Å². The van der Waals surface area contributed by atoms with Crippen molar-refractivity contribution in [1.29, 1.82) is 0 Å². The van der Waals surface area contributed by atoms with Crippen LogP contribution in [0.2, 0.25) is 0 Å². The summed E-state index contributed by atoms with van der Waals surface area (Å²) in [4.78, 5) is -1.92. The van der Waals surface area contributed by atoms with Gasteiger partial charge in [-0.15, -0.1) is 0 Å². The molecule has 2 aromatic rings. The summed E-state index contributed by atoms with van der Waals surface area (Å²) >= 11 is 0. The highest BCUT2D eigenvalue weighted by Crippen LogP contribution is 2.35. The molecule has 0 fully saturated rings. The van der Waals surface area contributed by atoms with Crippen LogP contribution in [0.4, 0.5) is 0 Å². The molecule has 0 aliphatic carbocycles. The average molecular weight is 471 g/mol.